The van der Waals surface area contributed by atoms with Crippen molar-refractivity contribution in [2.75, 3.05) is 14.1 Å². The molecular weight excluding hydrogens is 418 g/mol. The lowest BCUT2D eigenvalue weighted by Gasteiger charge is -2.53. The number of carbonyl (C=O) groups is 2. The van der Waals surface area contributed by atoms with E-state index in [1.807, 2.05) is 0 Å². The minimum absolute atomic E-state index is 0.120. The first-order chi connectivity index (χ1) is 14.8. The average Bonchev–Trinajstić information content (AvgIpc) is 2.68. The zero-order valence-corrected chi connectivity index (χ0v) is 17.7. The normalized spacial score (nSPS) is 34.4. The number of nitrogens with zero attached hydrogens (tertiary/aromatic N) is 1. The summed E-state index contributed by atoms with van der Waals surface area (Å²) in [6.07, 6.45) is -0.120. The van der Waals surface area contributed by atoms with Crippen LogP contribution in [-0.2, 0) is 15.2 Å². The minimum Gasteiger partial charge on any atom is -0.510 e. The molecule has 10 nitrogen and oxygen atoms in total. The SMILES string of the molecule is CN(C)C1C(O)=C(C(N)=O)C(=N)[C@@]2(O)C(=O)C3=C(O)c4c(O)cccc4[C@@](C)(O)[C@H]3C[C@@H]12. The van der Waals surface area contributed by atoms with Gasteiger partial charge in [-0.25, -0.2) is 0 Å². The lowest BCUT2D eigenvalue weighted by molar-refractivity contribution is -0.144. The molecule has 0 aromatic heterocycles. The Bertz CT molecular complexity index is 1150. The molecule has 1 aromatic carbocycles. The minimum atomic E-state index is -2.59. The largest absolute Gasteiger partial charge is 0.510 e. The molecule has 5 atom stereocenters. The first-order valence-electron chi connectivity index (χ1n) is 10.0. The molecule has 0 radical (unpaired) electrons. The van der Waals surface area contributed by atoms with Gasteiger partial charge < -0.3 is 36.7 Å². The van der Waals surface area contributed by atoms with Crippen molar-refractivity contribution in [1.29, 1.82) is 5.41 Å². The molecule has 1 saturated carbocycles. The number of amides is 1. The summed E-state index contributed by atoms with van der Waals surface area (Å²) in [5.74, 6) is -5.94. The van der Waals surface area contributed by atoms with Crippen molar-refractivity contribution in [2.45, 2.75) is 30.6 Å². The first kappa shape index (κ1) is 22.0. The molecule has 32 heavy (non-hydrogen) atoms. The van der Waals surface area contributed by atoms with E-state index in [1.165, 1.54) is 30.0 Å². The fraction of sp³-hybridized carbons (Fsp3) is 0.409. The smallest absolute Gasteiger partial charge is 0.254 e. The summed E-state index contributed by atoms with van der Waals surface area (Å²) in [7, 11) is 3.13. The van der Waals surface area contributed by atoms with E-state index >= 15 is 0 Å². The van der Waals surface area contributed by atoms with Crippen LogP contribution in [0.4, 0.5) is 0 Å². The Morgan fingerprint density at radius 3 is 2.41 bits per heavy atom. The van der Waals surface area contributed by atoms with E-state index in [0.29, 0.717) is 0 Å². The molecule has 0 aliphatic heterocycles. The molecule has 170 valence electrons. The molecule has 3 aliphatic carbocycles. The van der Waals surface area contributed by atoms with Crippen molar-refractivity contribution in [1.82, 2.24) is 4.90 Å². The summed E-state index contributed by atoms with van der Waals surface area (Å²) in [5, 5.41) is 63.5. The van der Waals surface area contributed by atoms with Crippen LogP contribution in [0.2, 0.25) is 0 Å². The average molecular weight is 443 g/mol. The lowest BCUT2D eigenvalue weighted by Crippen LogP contribution is -2.68. The van der Waals surface area contributed by atoms with Gasteiger partial charge in [0.25, 0.3) is 5.91 Å². The quantitative estimate of drug-likeness (QED) is 0.334. The molecule has 1 unspecified atom stereocenters. The number of aromatic hydroxyl groups is 1. The number of Topliss-reactive ketones (excluding diaryl/α,β-unsaturated/α-hetero) is 1. The van der Waals surface area contributed by atoms with Crippen LogP contribution < -0.4 is 5.73 Å². The van der Waals surface area contributed by atoms with Crippen LogP contribution in [0.25, 0.3) is 5.76 Å². The van der Waals surface area contributed by atoms with Crippen molar-refractivity contribution in [3.63, 3.8) is 0 Å². The fourth-order valence-corrected chi connectivity index (χ4v) is 5.56. The predicted molar refractivity (Wildman–Crippen MR) is 113 cm³/mol. The summed E-state index contributed by atoms with van der Waals surface area (Å²) in [6.45, 7) is 1.43. The molecule has 3 aliphatic rings. The number of nitrogens with two attached hydrogens (primary N) is 1. The van der Waals surface area contributed by atoms with Crippen LogP contribution >= 0.6 is 0 Å². The third-order valence-corrected chi connectivity index (χ3v) is 7.08. The van der Waals surface area contributed by atoms with Crippen molar-refractivity contribution < 1.29 is 35.1 Å². The molecule has 0 spiro atoms. The van der Waals surface area contributed by atoms with Crippen LogP contribution in [0.15, 0.2) is 35.1 Å². The van der Waals surface area contributed by atoms with E-state index in [4.69, 9.17) is 11.1 Å². The second-order valence-electron chi connectivity index (χ2n) is 9.01. The van der Waals surface area contributed by atoms with Gasteiger partial charge in [0.15, 0.2) is 5.60 Å². The summed E-state index contributed by atoms with van der Waals surface area (Å²) < 4.78 is 0. The molecule has 0 heterocycles. The highest BCUT2D eigenvalue weighted by molar-refractivity contribution is 6.34. The Balaban J connectivity index is 2.03. The maximum atomic E-state index is 13.7. The van der Waals surface area contributed by atoms with E-state index in [-0.39, 0.29) is 28.9 Å². The number of nitrogens with one attached hydrogen (secondary N) is 1. The van der Waals surface area contributed by atoms with Crippen molar-refractivity contribution in [3.8, 4) is 5.75 Å². The third-order valence-electron chi connectivity index (χ3n) is 7.08. The van der Waals surface area contributed by atoms with Gasteiger partial charge in [0.2, 0.25) is 5.78 Å². The maximum Gasteiger partial charge on any atom is 0.254 e. The highest BCUT2D eigenvalue weighted by Crippen LogP contribution is 2.56. The van der Waals surface area contributed by atoms with Gasteiger partial charge in [0.05, 0.1) is 22.9 Å². The number of fused-ring (bicyclic) bond motifs is 3. The number of rotatable bonds is 2. The Kier molecular flexibility index (Phi) is 4.57. The number of likely N-dealkylation sites (N-methyl/N-ethyl adjacent to an activating group) is 1. The van der Waals surface area contributed by atoms with Gasteiger partial charge in [-0.2, -0.15) is 0 Å². The second kappa shape index (κ2) is 6.64. The van der Waals surface area contributed by atoms with Crippen molar-refractivity contribution >= 4 is 23.2 Å². The van der Waals surface area contributed by atoms with E-state index < -0.39 is 63.6 Å². The van der Waals surface area contributed by atoms with Crippen molar-refractivity contribution in [2.24, 2.45) is 17.6 Å². The highest BCUT2D eigenvalue weighted by atomic mass is 16.3. The molecule has 0 saturated heterocycles. The standard InChI is InChI=1S/C22H25N3O7/c1-21(31)8-5-4-6-11(26)12(8)16(27)13-9(21)7-10-15(25(2)3)17(28)14(20(24)30)18(23)22(10,32)19(13)29/h4-6,9-10,15,23,26-28,31-32H,7H2,1-3H3,(H2,24,30)/t9-,10-,15?,21+,22+/m0/s1. The maximum absolute atomic E-state index is 13.7. The molecule has 1 aromatic rings. The van der Waals surface area contributed by atoms with Gasteiger partial charge in [-0.3, -0.25) is 14.5 Å². The van der Waals surface area contributed by atoms with E-state index in [1.54, 1.807) is 14.1 Å². The van der Waals surface area contributed by atoms with E-state index in [2.05, 4.69) is 0 Å². The number of phenols is 1. The summed E-state index contributed by atoms with van der Waals surface area (Å²) in [4.78, 5) is 27.2. The number of hydrogen-bond donors (Lipinski definition) is 7. The number of benzene rings is 1. The molecule has 1 amide bonds. The Morgan fingerprint density at radius 2 is 1.84 bits per heavy atom. The number of hydrogen-bond acceptors (Lipinski definition) is 9. The van der Waals surface area contributed by atoms with Gasteiger partial charge in [-0.05, 0) is 39.1 Å². The molecule has 0 bridgehead atoms. The summed E-state index contributed by atoms with van der Waals surface area (Å²) >= 11 is 0. The molecule has 8 N–H and O–H groups in total. The lowest BCUT2D eigenvalue weighted by atomic mass is 9.54. The van der Waals surface area contributed by atoms with Crippen LogP contribution in [0.5, 0.6) is 5.75 Å². The zero-order valence-electron chi connectivity index (χ0n) is 17.7. The Morgan fingerprint density at radius 1 is 1.22 bits per heavy atom. The van der Waals surface area contributed by atoms with Gasteiger partial charge >= 0.3 is 0 Å². The number of aliphatic hydroxyl groups is 4. The van der Waals surface area contributed by atoms with E-state index in [0.717, 1.165) is 0 Å². The number of ketones is 1. The van der Waals surface area contributed by atoms with Gasteiger partial charge in [0.1, 0.15) is 22.8 Å². The van der Waals surface area contributed by atoms with Gasteiger partial charge in [-0.1, -0.05) is 12.1 Å². The fourth-order valence-electron chi connectivity index (χ4n) is 5.56. The van der Waals surface area contributed by atoms with Gasteiger partial charge in [0, 0.05) is 17.4 Å². The summed E-state index contributed by atoms with van der Waals surface area (Å²) in [5.41, 5.74) is -0.793. The topological polar surface area (TPSA) is 188 Å². The van der Waals surface area contributed by atoms with Crippen LogP contribution in [0.3, 0.4) is 0 Å². The Hall–Kier alpha value is -3.21. The number of phenolic OH excluding ortho intramolecular Hbond substituents is 1. The zero-order chi connectivity index (χ0) is 23.9. The second-order valence-corrected chi connectivity index (χ2v) is 9.01. The molecule has 10 heteroatoms. The highest BCUT2D eigenvalue weighted by Gasteiger charge is 2.65. The summed E-state index contributed by atoms with van der Waals surface area (Å²) in [6, 6.07) is 3.23. The Labute approximate surface area is 183 Å². The first-order valence-corrected chi connectivity index (χ1v) is 10.0. The third kappa shape index (κ3) is 2.48. The van der Waals surface area contributed by atoms with Crippen molar-refractivity contribution in [3.05, 3.63) is 46.2 Å². The molecule has 4 rings (SSSR count). The van der Waals surface area contributed by atoms with Crippen LogP contribution in [0.1, 0.15) is 24.5 Å². The molecular formula is C22H25N3O7. The van der Waals surface area contributed by atoms with E-state index in [9.17, 15) is 35.1 Å². The monoisotopic (exact) mass is 443 g/mol. The predicted octanol–water partition coefficient (Wildman–Crippen LogP) is 0.0797. The van der Waals surface area contributed by atoms with Gasteiger partial charge in [-0.15, -0.1) is 0 Å². The number of primary amides is 1. The van der Waals surface area contributed by atoms with Crippen LogP contribution in [-0.4, -0.2) is 73.6 Å². The number of aliphatic hydroxyl groups excluding tert-OH is 2. The number of carbonyl (C=O) groups excluding carboxylic acids is 2. The van der Waals surface area contributed by atoms with Crippen LogP contribution in [0, 0.1) is 17.2 Å². The molecule has 1 fully saturated rings.